The first-order valence-electron chi connectivity index (χ1n) is 5.58. The van der Waals surface area contributed by atoms with Gasteiger partial charge in [-0.2, -0.15) is 5.48 Å². The molecule has 0 unspecified atom stereocenters. The van der Waals surface area contributed by atoms with Crippen LogP contribution in [0.15, 0.2) is 48.5 Å². The highest BCUT2D eigenvalue weighted by molar-refractivity contribution is 5.18. The van der Waals surface area contributed by atoms with E-state index in [0.717, 1.165) is 11.6 Å². The molecule has 0 radical (unpaired) electrons. The standard InChI is InChI=1S/C14H13F2NO/c15-13-7-6-12(14(16)8-13)9-17-18-10-11-4-2-1-3-5-11/h1-8,17H,9-10H2. The monoisotopic (exact) mass is 249 g/mol. The molecule has 4 heteroatoms. The van der Waals surface area contributed by atoms with Crippen LogP contribution >= 0.6 is 0 Å². The average Bonchev–Trinajstić information content (AvgIpc) is 2.38. The minimum Gasteiger partial charge on any atom is -0.297 e. The van der Waals surface area contributed by atoms with Crippen molar-refractivity contribution in [1.82, 2.24) is 5.48 Å². The minimum atomic E-state index is -0.582. The Balaban J connectivity index is 1.79. The Kier molecular flexibility index (Phi) is 4.39. The zero-order chi connectivity index (χ0) is 12.8. The summed E-state index contributed by atoms with van der Waals surface area (Å²) in [5.74, 6) is -1.16. The van der Waals surface area contributed by atoms with Crippen molar-refractivity contribution in [3.63, 3.8) is 0 Å². The van der Waals surface area contributed by atoms with E-state index >= 15 is 0 Å². The van der Waals surface area contributed by atoms with Crippen molar-refractivity contribution in [1.29, 1.82) is 0 Å². The fraction of sp³-hybridized carbons (Fsp3) is 0.143. The lowest BCUT2D eigenvalue weighted by Gasteiger charge is -2.07. The highest BCUT2D eigenvalue weighted by Crippen LogP contribution is 2.09. The van der Waals surface area contributed by atoms with Crippen LogP contribution in [0.5, 0.6) is 0 Å². The number of hydrogen-bond donors (Lipinski definition) is 1. The first-order chi connectivity index (χ1) is 8.75. The van der Waals surface area contributed by atoms with Gasteiger partial charge in [-0.05, 0) is 11.6 Å². The largest absolute Gasteiger partial charge is 0.297 e. The third kappa shape index (κ3) is 3.61. The van der Waals surface area contributed by atoms with E-state index in [9.17, 15) is 8.78 Å². The second kappa shape index (κ2) is 6.23. The van der Waals surface area contributed by atoms with Crippen LogP contribution in [-0.4, -0.2) is 0 Å². The zero-order valence-electron chi connectivity index (χ0n) is 9.70. The molecule has 0 aliphatic carbocycles. The Morgan fingerprint density at radius 2 is 1.78 bits per heavy atom. The van der Waals surface area contributed by atoms with Crippen molar-refractivity contribution < 1.29 is 13.6 Å². The van der Waals surface area contributed by atoms with E-state index < -0.39 is 11.6 Å². The fourth-order valence-corrected chi connectivity index (χ4v) is 1.50. The predicted molar refractivity (Wildman–Crippen MR) is 64.4 cm³/mol. The van der Waals surface area contributed by atoms with Crippen molar-refractivity contribution in [3.8, 4) is 0 Å². The SMILES string of the molecule is Fc1ccc(CNOCc2ccccc2)c(F)c1. The van der Waals surface area contributed by atoms with Gasteiger partial charge in [0.15, 0.2) is 0 Å². The second-order valence-corrected chi connectivity index (χ2v) is 3.83. The molecule has 0 saturated heterocycles. The highest BCUT2D eigenvalue weighted by atomic mass is 19.1. The topological polar surface area (TPSA) is 21.3 Å². The van der Waals surface area contributed by atoms with Crippen LogP contribution in [0.1, 0.15) is 11.1 Å². The molecule has 94 valence electrons. The summed E-state index contributed by atoms with van der Waals surface area (Å²) in [4.78, 5) is 5.20. The second-order valence-electron chi connectivity index (χ2n) is 3.83. The van der Waals surface area contributed by atoms with E-state index in [4.69, 9.17) is 4.84 Å². The number of rotatable bonds is 5. The maximum Gasteiger partial charge on any atom is 0.130 e. The summed E-state index contributed by atoms with van der Waals surface area (Å²) in [6, 6.07) is 13.1. The van der Waals surface area contributed by atoms with Crippen LogP contribution < -0.4 is 5.48 Å². The molecule has 0 saturated carbocycles. The van der Waals surface area contributed by atoms with Gasteiger partial charge in [0, 0.05) is 18.2 Å². The van der Waals surface area contributed by atoms with E-state index in [2.05, 4.69) is 5.48 Å². The molecule has 0 amide bonds. The van der Waals surface area contributed by atoms with E-state index in [1.54, 1.807) is 0 Å². The average molecular weight is 249 g/mol. The van der Waals surface area contributed by atoms with Gasteiger partial charge in [0.25, 0.3) is 0 Å². The highest BCUT2D eigenvalue weighted by Gasteiger charge is 2.03. The summed E-state index contributed by atoms with van der Waals surface area (Å²) in [5, 5.41) is 0. The van der Waals surface area contributed by atoms with Gasteiger partial charge in [0.05, 0.1) is 6.61 Å². The normalized spacial score (nSPS) is 10.6. The van der Waals surface area contributed by atoms with Crippen molar-refractivity contribution in [2.24, 2.45) is 0 Å². The van der Waals surface area contributed by atoms with Gasteiger partial charge in [0.1, 0.15) is 11.6 Å². The zero-order valence-corrected chi connectivity index (χ0v) is 9.70. The molecule has 0 atom stereocenters. The lowest BCUT2D eigenvalue weighted by atomic mass is 10.2. The molecule has 0 aliphatic rings. The van der Waals surface area contributed by atoms with Gasteiger partial charge in [-0.25, -0.2) is 8.78 Å². The number of hydroxylamine groups is 1. The molecule has 0 spiro atoms. The molecule has 2 aromatic carbocycles. The van der Waals surface area contributed by atoms with Crippen LogP contribution in [0.4, 0.5) is 8.78 Å². The summed E-state index contributed by atoms with van der Waals surface area (Å²) in [6.45, 7) is 0.586. The summed E-state index contributed by atoms with van der Waals surface area (Å²) in [7, 11) is 0. The predicted octanol–water partition coefficient (Wildman–Crippen LogP) is 3.19. The Morgan fingerprint density at radius 3 is 2.50 bits per heavy atom. The van der Waals surface area contributed by atoms with Gasteiger partial charge in [-0.15, -0.1) is 0 Å². The molecule has 0 heterocycles. The smallest absolute Gasteiger partial charge is 0.130 e. The Morgan fingerprint density at radius 1 is 1.00 bits per heavy atom. The Hall–Kier alpha value is -1.78. The number of halogens is 2. The van der Waals surface area contributed by atoms with E-state index in [1.165, 1.54) is 12.1 Å². The molecule has 2 nitrogen and oxygen atoms in total. The van der Waals surface area contributed by atoms with E-state index in [-0.39, 0.29) is 6.54 Å². The fourth-order valence-electron chi connectivity index (χ4n) is 1.50. The van der Waals surface area contributed by atoms with Crippen LogP contribution in [0, 0.1) is 11.6 Å². The number of benzene rings is 2. The number of hydrogen-bond acceptors (Lipinski definition) is 2. The Labute approximate surface area is 104 Å². The summed E-state index contributed by atoms with van der Waals surface area (Å²) < 4.78 is 25.9. The molecule has 0 bridgehead atoms. The summed E-state index contributed by atoms with van der Waals surface area (Å²) in [6.07, 6.45) is 0. The van der Waals surface area contributed by atoms with Gasteiger partial charge >= 0.3 is 0 Å². The van der Waals surface area contributed by atoms with Gasteiger partial charge in [-0.1, -0.05) is 36.4 Å². The van der Waals surface area contributed by atoms with Crippen molar-refractivity contribution >= 4 is 0 Å². The third-order valence-electron chi connectivity index (χ3n) is 2.46. The molecule has 18 heavy (non-hydrogen) atoms. The molecule has 1 N–H and O–H groups in total. The van der Waals surface area contributed by atoms with E-state index in [0.29, 0.717) is 12.2 Å². The van der Waals surface area contributed by atoms with Gasteiger partial charge in [0.2, 0.25) is 0 Å². The van der Waals surface area contributed by atoms with Crippen LogP contribution in [0.25, 0.3) is 0 Å². The van der Waals surface area contributed by atoms with Crippen LogP contribution in [0.2, 0.25) is 0 Å². The van der Waals surface area contributed by atoms with Gasteiger partial charge in [-0.3, -0.25) is 4.84 Å². The molecule has 0 aromatic heterocycles. The minimum absolute atomic E-state index is 0.193. The lowest BCUT2D eigenvalue weighted by Crippen LogP contribution is -2.14. The molecule has 2 aromatic rings. The summed E-state index contributed by atoms with van der Waals surface area (Å²) >= 11 is 0. The molecular formula is C14H13F2NO. The van der Waals surface area contributed by atoms with Crippen molar-refractivity contribution in [2.75, 3.05) is 0 Å². The van der Waals surface area contributed by atoms with Gasteiger partial charge < -0.3 is 0 Å². The Bertz CT molecular complexity index is 502. The van der Waals surface area contributed by atoms with E-state index in [1.807, 2.05) is 30.3 Å². The number of nitrogens with one attached hydrogen (secondary N) is 1. The maximum absolute atomic E-state index is 13.3. The molecule has 0 fully saturated rings. The van der Waals surface area contributed by atoms with Crippen LogP contribution in [0.3, 0.4) is 0 Å². The molecule has 0 aliphatic heterocycles. The first kappa shape index (κ1) is 12.7. The van der Waals surface area contributed by atoms with Crippen molar-refractivity contribution in [2.45, 2.75) is 13.2 Å². The molecule has 2 rings (SSSR count). The lowest BCUT2D eigenvalue weighted by molar-refractivity contribution is 0.0229. The molecular weight excluding hydrogens is 236 g/mol. The third-order valence-corrected chi connectivity index (χ3v) is 2.46. The quantitative estimate of drug-likeness (QED) is 0.649. The first-order valence-corrected chi connectivity index (χ1v) is 5.58. The van der Waals surface area contributed by atoms with Crippen molar-refractivity contribution in [3.05, 3.63) is 71.3 Å². The van der Waals surface area contributed by atoms with Crippen LogP contribution in [-0.2, 0) is 18.0 Å². The maximum atomic E-state index is 13.3. The summed E-state index contributed by atoms with van der Waals surface area (Å²) in [5.41, 5.74) is 4.03.